The third-order valence-electron chi connectivity index (χ3n) is 4.74. The van der Waals surface area contributed by atoms with Crippen molar-refractivity contribution in [2.75, 3.05) is 58.8 Å². The Morgan fingerprint density at radius 2 is 2.03 bits per heavy atom. The van der Waals surface area contributed by atoms with E-state index in [9.17, 15) is 4.79 Å². The Kier molecular flexibility index (Phi) is 5.63. The number of anilines is 1. The monoisotopic (exact) mass is 396 g/mol. The molecule has 0 aromatic carbocycles. The first kappa shape index (κ1) is 19.2. The van der Waals surface area contributed by atoms with Crippen LogP contribution in [0.2, 0.25) is 0 Å². The fourth-order valence-corrected chi connectivity index (χ4v) is 3.15. The van der Waals surface area contributed by atoms with Crippen LogP contribution in [0.4, 0.5) is 5.82 Å². The summed E-state index contributed by atoms with van der Waals surface area (Å²) in [6, 6.07) is 7.13. The normalized spacial score (nSPS) is 14.8. The molecule has 0 aliphatic carbocycles. The van der Waals surface area contributed by atoms with Crippen molar-refractivity contribution >= 4 is 17.4 Å². The number of aromatic nitrogens is 5. The van der Waals surface area contributed by atoms with Gasteiger partial charge in [0.05, 0.1) is 13.2 Å². The number of nitrogens with one attached hydrogen (secondary N) is 1. The molecule has 29 heavy (non-hydrogen) atoms. The number of hydrogen-bond donors (Lipinski definition) is 1. The third kappa shape index (κ3) is 4.33. The van der Waals surface area contributed by atoms with Gasteiger partial charge in [0.2, 0.25) is 5.82 Å². The summed E-state index contributed by atoms with van der Waals surface area (Å²) in [5.74, 6) is 1.12. The quantitative estimate of drug-likeness (QED) is 0.648. The molecule has 0 saturated carbocycles. The van der Waals surface area contributed by atoms with E-state index in [2.05, 4.69) is 30.5 Å². The SMILES string of the molecule is CN(C)C(=O)c1ccnc(-c2nnc3ccc(NCCN4CCOCC4)nn23)c1. The fraction of sp³-hybridized carbons (Fsp3) is 0.421. The summed E-state index contributed by atoms with van der Waals surface area (Å²) >= 11 is 0. The Hall–Kier alpha value is -3.11. The van der Waals surface area contributed by atoms with Gasteiger partial charge >= 0.3 is 0 Å². The molecular formula is C19H24N8O2. The minimum absolute atomic E-state index is 0.0964. The summed E-state index contributed by atoms with van der Waals surface area (Å²) < 4.78 is 7.02. The zero-order valence-electron chi connectivity index (χ0n) is 16.6. The molecule has 1 N–H and O–H groups in total. The van der Waals surface area contributed by atoms with E-state index in [1.165, 1.54) is 4.90 Å². The third-order valence-corrected chi connectivity index (χ3v) is 4.74. The van der Waals surface area contributed by atoms with Gasteiger partial charge in [-0.05, 0) is 24.3 Å². The lowest BCUT2D eigenvalue weighted by atomic mass is 10.2. The van der Waals surface area contributed by atoms with Crippen LogP contribution in [0.5, 0.6) is 0 Å². The number of ether oxygens (including phenoxy) is 1. The number of pyridine rings is 1. The molecule has 0 unspecified atom stereocenters. The van der Waals surface area contributed by atoms with E-state index in [1.54, 1.807) is 36.9 Å². The van der Waals surface area contributed by atoms with Crippen molar-refractivity contribution in [1.82, 2.24) is 34.6 Å². The molecule has 3 aromatic heterocycles. The van der Waals surface area contributed by atoms with Gasteiger partial charge in [-0.3, -0.25) is 14.7 Å². The number of rotatable bonds is 6. The van der Waals surface area contributed by atoms with E-state index < -0.39 is 0 Å². The molecule has 10 heteroatoms. The molecule has 0 spiro atoms. The van der Waals surface area contributed by atoms with Crippen molar-refractivity contribution in [3.8, 4) is 11.5 Å². The molecule has 1 amide bonds. The van der Waals surface area contributed by atoms with Gasteiger partial charge in [-0.2, -0.15) is 4.52 Å². The number of fused-ring (bicyclic) bond motifs is 1. The molecule has 10 nitrogen and oxygen atoms in total. The highest BCUT2D eigenvalue weighted by molar-refractivity contribution is 5.94. The minimum atomic E-state index is -0.0964. The largest absolute Gasteiger partial charge is 0.379 e. The predicted molar refractivity (Wildman–Crippen MR) is 108 cm³/mol. The van der Waals surface area contributed by atoms with Crippen LogP contribution < -0.4 is 5.32 Å². The Morgan fingerprint density at radius 3 is 2.83 bits per heavy atom. The molecule has 0 atom stereocenters. The van der Waals surface area contributed by atoms with Crippen LogP contribution >= 0.6 is 0 Å². The number of carbonyl (C=O) groups is 1. The second-order valence-corrected chi connectivity index (χ2v) is 7.02. The first-order chi connectivity index (χ1) is 14.1. The molecule has 1 fully saturated rings. The lowest BCUT2D eigenvalue weighted by molar-refractivity contribution is 0.0398. The molecule has 152 valence electrons. The zero-order chi connectivity index (χ0) is 20.2. The smallest absolute Gasteiger partial charge is 0.253 e. The van der Waals surface area contributed by atoms with Crippen molar-refractivity contribution in [3.63, 3.8) is 0 Å². The highest BCUT2D eigenvalue weighted by Gasteiger charge is 2.15. The maximum absolute atomic E-state index is 12.3. The van der Waals surface area contributed by atoms with Gasteiger partial charge in [0.25, 0.3) is 5.91 Å². The summed E-state index contributed by atoms with van der Waals surface area (Å²) in [7, 11) is 3.43. The number of carbonyl (C=O) groups excluding carboxylic acids is 1. The standard InChI is InChI=1S/C19H24N8O2/c1-25(2)19(28)14-5-6-20-15(13-14)18-23-22-17-4-3-16(24-27(17)18)21-7-8-26-9-11-29-12-10-26/h3-6,13H,7-12H2,1-2H3,(H,21,24). The number of amides is 1. The van der Waals surface area contributed by atoms with Crippen molar-refractivity contribution in [1.29, 1.82) is 0 Å². The maximum Gasteiger partial charge on any atom is 0.253 e. The van der Waals surface area contributed by atoms with E-state index in [4.69, 9.17) is 4.74 Å². The zero-order valence-corrected chi connectivity index (χ0v) is 16.6. The number of morpholine rings is 1. The van der Waals surface area contributed by atoms with Crippen LogP contribution in [0.1, 0.15) is 10.4 Å². The molecule has 1 aliphatic heterocycles. The second-order valence-electron chi connectivity index (χ2n) is 7.02. The summed E-state index contributed by atoms with van der Waals surface area (Å²) in [5, 5.41) is 16.3. The van der Waals surface area contributed by atoms with Gasteiger partial charge in [0.1, 0.15) is 11.5 Å². The molecule has 3 aromatic rings. The average Bonchev–Trinajstić information content (AvgIpc) is 3.17. The first-order valence-corrected chi connectivity index (χ1v) is 9.56. The molecule has 0 radical (unpaired) electrons. The minimum Gasteiger partial charge on any atom is -0.379 e. The van der Waals surface area contributed by atoms with Crippen molar-refractivity contribution in [2.45, 2.75) is 0 Å². The molecule has 4 heterocycles. The molecule has 1 saturated heterocycles. The summed E-state index contributed by atoms with van der Waals surface area (Å²) in [6.45, 7) is 5.19. The topological polar surface area (TPSA) is 101 Å². The van der Waals surface area contributed by atoms with Crippen LogP contribution in [-0.2, 0) is 4.74 Å². The van der Waals surface area contributed by atoms with E-state index in [-0.39, 0.29) is 5.91 Å². The Balaban J connectivity index is 1.53. The lowest BCUT2D eigenvalue weighted by Crippen LogP contribution is -2.39. The van der Waals surface area contributed by atoms with Gasteiger partial charge in [0, 0.05) is 52.0 Å². The van der Waals surface area contributed by atoms with Crippen LogP contribution in [0, 0.1) is 0 Å². The predicted octanol–water partition coefficient (Wildman–Crippen LogP) is 0.632. The van der Waals surface area contributed by atoms with Gasteiger partial charge in [-0.25, -0.2) is 0 Å². The highest BCUT2D eigenvalue weighted by Crippen LogP contribution is 2.18. The van der Waals surface area contributed by atoms with Crippen LogP contribution in [0.3, 0.4) is 0 Å². The van der Waals surface area contributed by atoms with Crippen LogP contribution in [0.25, 0.3) is 17.2 Å². The van der Waals surface area contributed by atoms with Crippen molar-refractivity contribution < 1.29 is 9.53 Å². The van der Waals surface area contributed by atoms with Crippen LogP contribution in [0.15, 0.2) is 30.5 Å². The second kappa shape index (κ2) is 8.50. The van der Waals surface area contributed by atoms with Crippen molar-refractivity contribution in [3.05, 3.63) is 36.0 Å². The van der Waals surface area contributed by atoms with Gasteiger partial charge in [-0.1, -0.05) is 0 Å². The van der Waals surface area contributed by atoms with Gasteiger partial charge in [0.15, 0.2) is 5.65 Å². The van der Waals surface area contributed by atoms with Crippen LogP contribution in [-0.4, -0.2) is 94.0 Å². The molecule has 0 bridgehead atoms. The molecule has 1 aliphatic rings. The number of hydrogen-bond acceptors (Lipinski definition) is 8. The molecular weight excluding hydrogens is 372 g/mol. The summed E-state index contributed by atoms with van der Waals surface area (Å²) in [4.78, 5) is 20.5. The average molecular weight is 396 g/mol. The Morgan fingerprint density at radius 1 is 1.21 bits per heavy atom. The summed E-state index contributed by atoms with van der Waals surface area (Å²) in [6.07, 6.45) is 1.59. The van der Waals surface area contributed by atoms with E-state index in [0.717, 1.165) is 45.2 Å². The van der Waals surface area contributed by atoms with Gasteiger partial charge < -0.3 is 15.0 Å². The van der Waals surface area contributed by atoms with E-state index in [1.807, 2.05) is 12.1 Å². The Bertz CT molecular complexity index is 997. The fourth-order valence-electron chi connectivity index (χ4n) is 3.15. The first-order valence-electron chi connectivity index (χ1n) is 9.56. The molecule has 4 rings (SSSR count). The summed E-state index contributed by atoms with van der Waals surface area (Å²) in [5.41, 5.74) is 1.70. The maximum atomic E-state index is 12.3. The highest BCUT2D eigenvalue weighted by atomic mass is 16.5. The van der Waals surface area contributed by atoms with Crippen molar-refractivity contribution in [2.24, 2.45) is 0 Å². The Labute approximate surface area is 168 Å². The van der Waals surface area contributed by atoms with E-state index in [0.29, 0.717) is 22.7 Å². The lowest BCUT2D eigenvalue weighted by Gasteiger charge is -2.26. The van der Waals surface area contributed by atoms with E-state index >= 15 is 0 Å². The van der Waals surface area contributed by atoms with Gasteiger partial charge in [-0.15, -0.1) is 15.3 Å². The number of nitrogens with zero attached hydrogens (tertiary/aromatic N) is 7.